The number of nitrogens with zero attached hydrogens (tertiary/aromatic N) is 4. The van der Waals surface area contributed by atoms with Crippen LogP contribution in [0.15, 0.2) is 18.3 Å². The zero-order chi connectivity index (χ0) is 14.9. The minimum absolute atomic E-state index is 0.0650. The molecule has 1 amide bonds. The number of nitrogens with one attached hydrogen (secondary N) is 1. The van der Waals surface area contributed by atoms with Crippen LogP contribution in [0.3, 0.4) is 0 Å². The second kappa shape index (κ2) is 5.59. The summed E-state index contributed by atoms with van der Waals surface area (Å²) in [7, 11) is 0. The van der Waals surface area contributed by atoms with Crippen molar-refractivity contribution in [2.75, 3.05) is 6.54 Å². The van der Waals surface area contributed by atoms with E-state index in [0.717, 1.165) is 44.0 Å². The zero-order valence-corrected chi connectivity index (χ0v) is 12.7. The molecule has 1 atom stereocenters. The van der Waals surface area contributed by atoms with Gasteiger partial charge in [0.05, 0.1) is 6.04 Å². The number of aryl methyl sites for hydroxylation is 1. The fraction of sp³-hybridized carbons (Fsp3) is 0.562. The average Bonchev–Trinajstić information content (AvgIpc) is 3.24. The topological polar surface area (TPSA) is 66.8 Å². The van der Waals surface area contributed by atoms with Crippen LogP contribution in [0.1, 0.15) is 60.3 Å². The summed E-state index contributed by atoms with van der Waals surface area (Å²) in [5.74, 6) is 2.14. The van der Waals surface area contributed by atoms with E-state index in [1.165, 1.54) is 19.3 Å². The van der Waals surface area contributed by atoms with Gasteiger partial charge in [-0.05, 0) is 37.8 Å². The average molecular weight is 299 g/mol. The Morgan fingerprint density at radius 2 is 2.14 bits per heavy atom. The number of carbonyl (C=O) groups is 1. The Bertz CT molecular complexity index is 660. The molecule has 0 radical (unpaired) electrons. The van der Waals surface area contributed by atoms with Crippen molar-refractivity contribution in [3.05, 3.63) is 35.7 Å². The summed E-state index contributed by atoms with van der Waals surface area (Å²) in [6.45, 7) is 1.78. The first-order chi connectivity index (χ1) is 10.8. The van der Waals surface area contributed by atoms with Crippen LogP contribution in [0.5, 0.6) is 0 Å². The van der Waals surface area contributed by atoms with Crippen molar-refractivity contribution < 1.29 is 4.79 Å². The van der Waals surface area contributed by atoms with E-state index in [2.05, 4.69) is 19.7 Å². The normalized spacial score (nSPS) is 21.6. The highest BCUT2D eigenvalue weighted by Gasteiger charge is 2.35. The number of carbonyl (C=O) groups excluding carboxylic acids is 1. The summed E-state index contributed by atoms with van der Waals surface area (Å²) in [5.41, 5.74) is 0.655. The van der Waals surface area contributed by atoms with Crippen molar-refractivity contribution >= 4 is 5.91 Å². The molecule has 1 N–H and O–H groups in total. The molecule has 1 fully saturated rings. The summed E-state index contributed by atoms with van der Waals surface area (Å²) in [6.07, 6.45) is 8.41. The number of fused-ring (bicyclic) bond motifs is 1. The van der Waals surface area contributed by atoms with Gasteiger partial charge in [-0.2, -0.15) is 0 Å². The Hall–Kier alpha value is -2.11. The van der Waals surface area contributed by atoms with Gasteiger partial charge in [0.1, 0.15) is 11.5 Å². The van der Waals surface area contributed by atoms with Gasteiger partial charge in [-0.1, -0.05) is 6.42 Å². The quantitative estimate of drug-likeness (QED) is 0.925. The number of aromatic amines is 1. The van der Waals surface area contributed by atoms with Gasteiger partial charge in [0.15, 0.2) is 5.82 Å². The SMILES string of the molecule is O=C(c1ccc[nH]1)N1CCCC1c1nnc2n1CCCCC2. The third-order valence-electron chi connectivity index (χ3n) is 4.78. The first-order valence-corrected chi connectivity index (χ1v) is 8.21. The third-order valence-corrected chi connectivity index (χ3v) is 4.78. The lowest BCUT2D eigenvalue weighted by atomic mass is 10.2. The van der Waals surface area contributed by atoms with Crippen molar-refractivity contribution in [3.63, 3.8) is 0 Å². The van der Waals surface area contributed by atoms with Gasteiger partial charge in [-0.3, -0.25) is 4.79 Å². The van der Waals surface area contributed by atoms with Crippen LogP contribution in [0.25, 0.3) is 0 Å². The Morgan fingerprint density at radius 3 is 3.00 bits per heavy atom. The van der Waals surface area contributed by atoms with E-state index in [-0.39, 0.29) is 11.9 Å². The van der Waals surface area contributed by atoms with Gasteiger partial charge in [0.2, 0.25) is 0 Å². The highest BCUT2D eigenvalue weighted by molar-refractivity contribution is 5.92. The molecule has 2 aliphatic heterocycles. The molecular formula is C16H21N5O. The fourth-order valence-electron chi connectivity index (χ4n) is 3.65. The van der Waals surface area contributed by atoms with Gasteiger partial charge < -0.3 is 14.5 Å². The van der Waals surface area contributed by atoms with Crippen molar-refractivity contribution in [2.24, 2.45) is 0 Å². The molecule has 0 aliphatic carbocycles. The number of rotatable bonds is 2. The van der Waals surface area contributed by atoms with Crippen molar-refractivity contribution in [3.8, 4) is 0 Å². The highest BCUT2D eigenvalue weighted by Crippen LogP contribution is 2.33. The predicted octanol–water partition coefficient (Wildman–Crippen LogP) is 2.31. The van der Waals surface area contributed by atoms with Gasteiger partial charge >= 0.3 is 0 Å². The summed E-state index contributed by atoms with van der Waals surface area (Å²) in [5, 5.41) is 8.83. The number of hydrogen-bond acceptors (Lipinski definition) is 3. The van der Waals surface area contributed by atoms with E-state index in [4.69, 9.17) is 0 Å². The first-order valence-electron chi connectivity index (χ1n) is 8.21. The molecule has 2 aliphatic rings. The van der Waals surface area contributed by atoms with Crippen molar-refractivity contribution in [1.29, 1.82) is 0 Å². The van der Waals surface area contributed by atoms with E-state index in [1.54, 1.807) is 6.20 Å². The largest absolute Gasteiger partial charge is 0.357 e. The molecule has 0 spiro atoms. The second-order valence-electron chi connectivity index (χ2n) is 6.18. The predicted molar refractivity (Wildman–Crippen MR) is 81.4 cm³/mol. The number of H-pyrrole nitrogens is 1. The van der Waals surface area contributed by atoms with Crippen LogP contribution in [-0.4, -0.2) is 37.1 Å². The van der Waals surface area contributed by atoms with Crippen LogP contribution in [-0.2, 0) is 13.0 Å². The molecule has 2 aromatic heterocycles. The highest BCUT2D eigenvalue weighted by atomic mass is 16.2. The Balaban J connectivity index is 1.64. The molecule has 1 unspecified atom stereocenters. The monoisotopic (exact) mass is 299 g/mol. The fourth-order valence-corrected chi connectivity index (χ4v) is 3.65. The Morgan fingerprint density at radius 1 is 1.18 bits per heavy atom. The van der Waals surface area contributed by atoms with Gasteiger partial charge in [-0.15, -0.1) is 10.2 Å². The molecule has 116 valence electrons. The molecule has 0 bridgehead atoms. The molecule has 0 saturated carbocycles. The molecule has 6 nitrogen and oxygen atoms in total. The van der Waals surface area contributed by atoms with E-state index >= 15 is 0 Å². The minimum atomic E-state index is 0.0650. The number of likely N-dealkylation sites (tertiary alicyclic amines) is 1. The van der Waals surface area contributed by atoms with E-state index in [1.807, 2.05) is 17.0 Å². The molecule has 1 saturated heterocycles. The maximum Gasteiger partial charge on any atom is 0.270 e. The smallest absolute Gasteiger partial charge is 0.270 e. The lowest BCUT2D eigenvalue weighted by Gasteiger charge is -2.24. The van der Waals surface area contributed by atoms with E-state index < -0.39 is 0 Å². The maximum atomic E-state index is 12.7. The van der Waals surface area contributed by atoms with Crippen LogP contribution in [0.2, 0.25) is 0 Å². The van der Waals surface area contributed by atoms with Gasteiger partial charge in [0.25, 0.3) is 5.91 Å². The lowest BCUT2D eigenvalue weighted by molar-refractivity contribution is 0.0721. The number of hydrogen-bond donors (Lipinski definition) is 1. The van der Waals surface area contributed by atoms with Gasteiger partial charge in [0, 0.05) is 25.7 Å². The summed E-state index contributed by atoms with van der Waals surface area (Å²) < 4.78 is 2.26. The van der Waals surface area contributed by atoms with Crippen LogP contribution in [0.4, 0.5) is 0 Å². The Labute approximate surface area is 129 Å². The minimum Gasteiger partial charge on any atom is -0.357 e. The Kier molecular flexibility index (Phi) is 3.44. The van der Waals surface area contributed by atoms with Crippen molar-refractivity contribution in [2.45, 2.75) is 51.1 Å². The first kappa shape index (κ1) is 13.5. The molecular weight excluding hydrogens is 278 g/mol. The maximum absolute atomic E-state index is 12.7. The van der Waals surface area contributed by atoms with Crippen LogP contribution >= 0.6 is 0 Å². The lowest BCUT2D eigenvalue weighted by Crippen LogP contribution is -2.32. The third kappa shape index (κ3) is 2.23. The molecule has 4 heterocycles. The van der Waals surface area contributed by atoms with Crippen LogP contribution < -0.4 is 0 Å². The number of aromatic nitrogens is 4. The van der Waals surface area contributed by atoms with E-state index in [0.29, 0.717) is 5.69 Å². The number of amides is 1. The second-order valence-corrected chi connectivity index (χ2v) is 6.18. The molecule has 22 heavy (non-hydrogen) atoms. The van der Waals surface area contributed by atoms with Crippen molar-refractivity contribution in [1.82, 2.24) is 24.6 Å². The summed E-state index contributed by atoms with van der Waals surface area (Å²) >= 11 is 0. The van der Waals surface area contributed by atoms with Gasteiger partial charge in [-0.25, -0.2) is 0 Å². The molecule has 0 aromatic carbocycles. The summed E-state index contributed by atoms with van der Waals surface area (Å²) in [4.78, 5) is 17.7. The van der Waals surface area contributed by atoms with Crippen LogP contribution in [0, 0.1) is 0 Å². The van der Waals surface area contributed by atoms with E-state index in [9.17, 15) is 4.79 Å². The standard InChI is InChI=1S/C16H21N5O/c22-16(12-6-4-9-17-12)20-11-5-7-13(20)15-19-18-14-8-2-1-3-10-21(14)15/h4,6,9,13,17H,1-3,5,7-8,10-11H2. The molecule has 4 rings (SSSR count). The molecule has 2 aromatic rings. The molecule has 6 heteroatoms. The zero-order valence-electron chi connectivity index (χ0n) is 12.7. The summed E-state index contributed by atoms with van der Waals surface area (Å²) in [6, 6.07) is 3.76.